The Hall–Kier alpha value is -3.23. The molecule has 1 N–H and O–H groups in total. The van der Waals surface area contributed by atoms with Crippen molar-refractivity contribution in [1.29, 1.82) is 0 Å². The van der Waals surface area contributed by atoms with Crippen LogP contribution in [0.4, 0.5) is 4.79 Å². The molecule has 1 aromatic carbocycles. The van der Waals surface area contributed by atoms with Gasteiger partial charge >= 0.3 is 12.0 Å². The lowest BCUT2D eigenvalue weighted by molar-refractivity contribution is -0.136. The predicted molar refractivity (Wildman–Crippen MR) is 79.7 cm³/mol. The van der Waals surface area contributed by atoms with Gasteiger partial charge in [0.15, 0.2) is 6.10 Å². The molecule has 0 radical (unpaired) electrons. The molecule has 1 atom stereocenters. The molecule has 124 valence electrons. The number of nitrogens with zero attached hydrogens (tertiary/aromatic N) is 3. The number of hydrogen-bond donors (Lipinski definition) is 1. The summed E-state index contributed by atoms with van der Waals surface area (Å²) in [5, 5.41) is 9.85. The molecule has 3 amide bonds. The van der Waals surface area contributed by atoms with Crippen LogP contribution in [0.1, 0.15) is 17.3 Å². The molecular formula is C15H14N4O5. The molecule has 0 spiro atoms. The van der Waals surface area contributed by atoms with Gasteiger partial charge in [-0.2, -0.15) is 0 Å². The number of imide groups is 1. The lowest BCUT2D eigenvalue weighted by Crippen LogP contribution is -2.41. The highest BCUT2D eigenvalue weighted by atomic mass is 16.5. The maximum absolute atomic E-state index is 12.1. The summed E-state index contributed by atoms with van der Waals surface area (Å²) in [5.74, 6) is -0.883. The summed E-state index contributed by atoms with van der Waals surface area (Å²) in [6.07, 6.45) is 0.149. The van der Waals surface area contributed by atoms with Gasteiger partial charge in [-0.05, 0) is 31.2 Å². The molecule has 1 aliphatic heterocycles. The SMILES string of the molecule is C[C@@H](OC(=O)c1ccc(-c2nnco2)cc1)C(=O)N1CCNC1=O. The van der Waals surface area contributed by atoms with Crippen molar-refractivity contribution >= 4 is 17.9 Å². The summed E-state index contributed by atoms with van der Waals surface area (Å²) in [7, 11) is 0. The van der Waals surface area contributed by atoms with Gasteiger partial charge in [0.05, 0.1) is 5.56 Å². The zero-order chi connectivity index (χ0) is 17.1. The van der Waals surface area contributed by atoms with Crippen LogP contribution in [0.25, 0.3) is 11.5 Å². The number of urea groups is 1. The first-order chi connectivity index (χ1) is 11.6. The second-order valence-corrected chi connectivity index (χ2v) is 5.09. The monoisotopic (exact) mass is 330 g/mol. The first-order valence-electron chi connectivity index (χ1n) is 7.23. The first kappa shape index (κ1) is 15.7. The van der Waals surface area contributed by atoms with Crippen LogP contribution in [0.2, 0.25) is 0 Å². The Labute approximate surface area is 136 Å². The number of carbonyl (C=O) groups is 3. The van der Waals surface area contributed by atoms with E-state index in [1.165, 1.54) is 25.5 Å². The normalized spacial score (nSPS) is 15.0. The first-order valence-corrected chi connectivity index (χ1v) is 7.23. The van der Waals surface area contributed by atoms with Crippen molar-refractivity contribution in [2.75, 3.05) is 13.1 Å². The minimum absolute atomic E-state index is 0.262. The molecule has 2 heterocycles. The zero-order valence-corrected chi connectivity index (χ0v) is 12.8. The van der Waals surface area contributed by atoms with E-state index in [0.717, 1.165) is 4.90 Å². The van der Waals surface area contributed by atoms with Gasteiger partial charge in [0.25, 0.3) is 5.91 Å². The quantitative estimate of drug-likeness (QED) is 0.826. The fourth-order valence-electron chi connectivity index (χ4n) is 2.23. The van der Waals surface area contributed by atoms with Gasteiger partial charge < -0.3 is 14.5 Å². The van der Waals surface area contributed by atoms with E-state index in [1.54, 1.807) is 12.1 Å². The Morgan fingerprint density at radius 1 is 1.33 bits per heavy atom. The third kappa shape index (κ3) is 3.09. The van der Waals surface area contributed by atoms with E-state index >= 15 is 0 Å². The van der Waals surface area contributed by atoms with Crippen LogP contribution in [0.5, 0.6) is 0 Å². The van der Waals surface area contributed by atoms with E-state index in [1.807, 2.05) is 0 Å². The average Bonchev–Trinajstić information content (AvgIpc) is 3.25. The largest absolute Gasteiger partial charge is 0.449 e. The number of benzene rings is 1. The predicted octanol–water partition coefficient (Wildman–Crippen LogP) is 0.834. The Balaban J connectivity index is 1.64. The maximum atomic E-state index is 12.1. The standard InChI is InChI=1S/C15H14N4O5/c1-9(13(20)19-7-6-16-15(19)22)24-14(21)11-4-2-10(3-5-11)12-18-17-8-23-12/h2-5,8-9H,6-7H2,1H3,(H,16,22)/t9-/m1/s1. The Morgan fingerprint density at radius 2 is 2.08 bits per heavy atom. The van der Waals surface area contributed by atoms with Crippen LogP contribution >= 0.6 is 0 Å². The third-order valence-electron chi connectivity index (χ3n) is 3.48. The Bertz CT molecular complexity index is 757. The van der Waals surface area contributed by atoms with Crippen molar-refractivity contribution < 1.29 is 23.5 Å². The number of rotatable bonds is 4. The van der Waals surface area contributed by atoms with Crippen molar-refractivity contribution in [3.05, 3.63) is 36.2 Å². The molecule has 1 saturated heterocycles. The number of ether oxygens (including phenoxy) is 1. The van der Waals surface area contributed by atoms with E-state index in [2.05, 4.69) is 15.5 Å². The zero-order valence-electron chi connectivity index (χ0n) is 12.8. The van der Waals surface area contributed by atoms with E-state index < -0.39 is 24.0 Å². The van der Waals surface area contributed by atoms with Gasteiger partial charge in [0.2, 0.25) is 12.3 Å². The Morgan fingerprint density at radius 3 is 2.67 bits per heavy atom. The van der Waals surface area contributed by atoms with Crippen molar-refractivity contribution in [3.8, 4) is 11.5 Å². The van der Waals surface area contributed by atoms with Crippen molar-refractivity contribution in [2.24, 2.45) is 0 Å². The van der Waals surface area contributed by atoms with Crippen LogP contribution in [0.3, 0.4) is 0 Å². The topological polar surface area (TPSA) is 115 Å². The van der Waals surface area contributed by atoms with Crippen LogP contribution in [0.15, 0.2) is 35.1 Å². The summed E-state index contributed by atoms with van der Waals surface area (Å²) in [4.78, 5) is 36.7. The average molecular weight is 330 g/mol. The van der Waals surface area contributed by atoms with Crippen LogP contribution < -0.4 is 5.32 Å². The molecule has 1 aromatic heterocycles. The van der Waals surface area contributed by atoms with Gasteiger partial charge in [-0.15, -0.1) is 10.2 Å². The Kier molecular flexibility index (Phi) is 4.23. The molecule has 1 aliphatic rings. The fraction of sp³-hybridized carbons (Fsp3) is 0.267. The van der Waals surface area contributed by atoms with Crippen LogP contribution in [-0.4, -0.2) is 52.2 Å². The van der Waals surface area contributed by atoms with Gasteiger partial charge in [-0.25, -0.2) is 9.59 Å². The molecule has 1 fully saturated rings. The summed E-state index contributed by atoms with van der Waals surface area (Å²) in [5.41, 5.74) is 0.922. The molecule has 9 nitrogen and oxygen atoms in total. The number of nitrogens with one attached hydrogen (secondary N) is 1. The van der Waals surface area contributed by atoms with Crippen molar-refractivity contribution in [1.82, 2.24) is 20.4 Å². The van der Waals surface area contributed by atoms with Gasteiger partial charge in [-0.3, -0.25) is 9.69 Å². The summed E-state index contributed by atoms with van der Waals surface area (Å²) in [6.45, 7) is 2.08. The molecule has 0 aliphatic carbocycles. The van der Waals surface area contributed by atoms with Crippen molar-refractivity contribution in [2.45, 2.75) is 13.0 Å². The van der Waals surface area contributed by atoms with E-state index in [-0.39, 0.29) is 12.1 Å². The van der Waals surface area contributed by atoms with Crippen LogP contribution in [-0.2, 0) is 9.53 Å². The molecule has 0 bridgehead atoms. The number of amides is 3. The smallest absolute Gasteiger partial charge is 0.338 e. The van der Waals surface area contributed by atoms with Crippen molar-refractivity contribution in [3.63, 3.8) is 0 Å². The highest BCUT2D eigenvalue weighted by molar-refractivity contribution is 5.99. The molecular weight excluding hydrogens is 316 g/mol. The summed E-state index contributed by atoms with van der Waals surface area (Å²) < 4.78 is 10.2. The maximum Gasteiger partial charge on any atom is 0.338 e. The van der Waals surface area contributed by atoms with Gasteiger partial charge in [-0.1, -0.05) is 0 Å². The molecule has 24 heavy (non-hydrogen) atoms. The fourth-order valence-corrected chi connectivity index (χ4v) is 2.23. The highest BCUT2D eigenvalue weighted by Crippen LogP contribution is 2.17. The molecule has 0 saturated carbocycles. The number of esters is 1. The summed E-state index contributed by atoms with van der Waals surface area (Å²) in [6, 6.07) is 5.84. The van der Waals surface area contributed by atoms with Gasteiger partial charge in [0.1, 0.15) is 0 Å². The highest BCUT2D eigenvalue weighted by Gasteiger charge is 2.31. The second-order valence-electron chi connectivity index (χ2n) is 5.09. The molecule has 9 heteroatoms. The number of aromatic nitrogens is 2. The minimum Gasteiger partial charge on any atom is -0.449 e. The molecule has 2 aromatic rings. The number of hydrogen-bond acceptors (Lipinski definition) is 7. The van der Waals surface area contributed by atoms with Gasteiger partial charge in [0, 0.05) is 18.7 Å². The summed E-state index contributed by atoms with van der Waals surface area (Å²) >= 11 is 0. The lowest BCUT2D eigenvalue weighted by Gasteiger charge is -2.18. The number of carbonyl (C=O) groups excluding carboxylic acids is 3. The molecule has 0 unspecified atom stereocenters. The lowest BCUT2D eigenvalue weighted by atomic mass is 10.1. The third-order valence-corrected chi connectivity index (χ3v) is 3.48. The van der Waals surface area contributed by atoms with E-state index in [4.69, 9.17) is 9.15 Å². The van der Waals surface area contributed by atoms with E-state index in [9.17, 15) is 14.4 Å². The second kappa shape index (κ2) is 6.49. The molecule has 3 rings (SSSR count). The minimum atomic E-state index is -1.06. The van der Waals surface area contributed by atoms with E-state index in [0.29, 0.717) is 18.0 Å². The van der Waals surface area contributed by atoms with Crippen LogP contribution in [0, 0.1) is 0 Å².